The van der Waals surface area contributed by atoms with Crippen molar-refractivity contribution < 1.29 is 9.26 Å². The van der Waals surface area contributed by atoms with Crippen molar-refractivity contribution in [3.8, 4) is 17.1 Å². The molecule has 0 spiro atoms. The third kappa shape index (κ3) is 1.67. The largest absolute Gasteiger partial charge is 0.497 e. The van der Waals surface area contributed by atoms with Crippen LogP contribution in [0.5, 0.6) is 5.75 Å². The number of aryl methyl sites for hydroxylation is 1. The van der Waals surface area contributed by atoms with Gasteiger partial charge in [-0.25, -0.2) is 0 Å². The van der Waals surface area contributed by atoms with E-state index in [1.165, 1.54) is 11.1 Å². The molecule has 0 unspecified atom stereocenters. The van der Waals surface area contributed by atoms with Gasteiger partial charge in [0.05, 0.1) is 12.8 Å². The van der Waals surface area contributed by atoms with Crippen LogP contribution in [0.3, 0.4) is 0 Å². The number of benzene rings is 1. The topological polar surface area (TPSA) is 35.3 Å². The zero-order valence-corrected chi connectivity index (χ0v) is 11.1. The molecule has 1 heterocycles. The zero-order chi connectivity index (χ0) is 11.8. The van der Waals surface area contributed by atoms with Crippen LogP contribution in [-0.2, 0) is 18.2 Å². The number of methoxy groups -OCH3 is 1. The molecule has 0 bridgehead atoms. The number of aromatic nitrogens is 1. The molecule has 0 saturated carbocycles. The molecule has 0 fully saturated rings. The van der Waals surface area contributed by atoms with Crippen LogP contribution in [-0.4, -0.2) is 12.3 Å². The van der Waals surface area contributed by atoms with E-state index in [1.807, 2.05) is 6.07 Å². The van der Waals surface area contributed by atoms with Crippen LogP contribution in [0.1, 0.15) is 16.8 Å². The van der Waals surface area contributed by atoms with Crippen LogP contribution < -0.4 is 4.74 Å². The number of alkyl halides is 1. The predicted molar refractivity (Wildman–Crippen MR) is 68.5 cm³/mol. The average molecular weight is 294 g/mol. The van der Waals surface area contributed by atoms with Crippen LogP contribution in [0.4, 0.5) is 0 Å². The van der Waals surface area contributed by atoms with Crippen molar-refractivity contribution in [3.63, 3.8) is 0 Å². The van der Waals surface area contributed by atoms with Gasteiger partial charge in [0, 0.05) is 16.5 Å². The Labute approximate surface area is 108 Å². The minimum Gasteiger partial charge on any atom is -0.497 e. The van der Waals surface area contributed by atoms with Crippen LogP contribution in [0.25, 0.3) is 11.3 Å². The molecule has 17 heavy (non-hydrogen) atoms. The fourth-order valence-electron chi connectivity index (χ4n) is 2.30. The molecule has 0 saturated heterocycles. The summed E-state index contributed by atoms with van der Waals surface area (Å²) in [5, 5.41) is 4.85. The number of ether oxygens (including phenoxy) is 1. The van der Waals surface area contributed by atoms with Crippen LogP contribution in [0.15, 0.2) is 22.7 Å². The van der Waals surface area contributed by atoms with Gasteiger partial charge < -0.3 is 9.26 Å². The molecule has 3 nitrogen and oxygen atoms in total. The van der Waals surface area contributed by atoms with Gasteiger partial charge in [-0.15, -0.1) is 0 Å². The molecule has 0 aliphatic heterocycles. The summed E-state index contributed by atoms with van der Waals surface area (Å²) >= 11 is 3.44. The number of nitrogens with zero attached hydrogens (tertiary/aromatic N) is 1. The van der Waals surface area contributed by atoms with Crippen LogP contribution in [0, 0.1) is 0 Å². The fourth-order valence-corrected chi connectivity index (χ4v) is 2.74. The zero-order valence-electron chi connectivity index (χ0n) is 9.50. The lowest BCUT2D eigenvalue weighted by atomic mass is 9.89. The second kappa shape index (κ2) is 4.18. The van der Waals surface area contributed by atoms with Crippen LogP contribution >= 0.6 is 15.9 Å². The maximum Gasteiger partial charge on any atom is 0.170 e. The Bertz CT molecular complexity index is 563. The minimum absolute atomic E-state index is 0.747. The first kappa shape index (κ1) is 10.8. The number of hydrogen-bond acceptors (Lipinski definition) is 3. The lowest BCUT2D eigenvalue weighted by Crippen LogP contribution is -2.03. The van der Waals surface area contributed by atoms with Gasteiger partial charge in [-0.3, -0.25) is 0 Å². The summed E-state index contributed by atoms with van der Waals surface area (Å²) in [7, 11) is 1.69. The molecular formula is C13H12BrNO2. The lowest BCUT2D eigenvalue weighted by molar-refractivity contribution is 0.413. The average Bonchev–Trinajstić information content (AvgIpc) is 2.81. The minimum atomic E-state index is 0.747. The van der Waals surface area contributed by atoms with Gasteiger partial charge in [-0.2, -0.15) is 0 Å². The van der Waals surface area contributed by atoms with Crippen molar-refractivity contribution in [2.24, 2.45) is 0 Å². The second-order valence-electron chi connectivity index (χ2n) is 4.09. The molecule has 3 rings (SSSR count). The summed E-state index contributed by atoms with van der Waals surface area (Å²) in [6, 6.07) is 6.09. The molecule has 1 aromatic heterocycles. The quantitative estimate of drug-likeness (QED) is 0.797. The third-order valence-corrected chi connectivity index (χ3v) is 3.73. The normalized spacial score (nSPS) is 13.1. The standard InChI is InChI=1S/C13H12BrNO2/c1-16-9-3-5-10-8(6-9)2-4-11-12(7-14)15-17-13(10)11/h3,5-6H,2,4,7H2,1H3. The number of hydrogen-bond donors (Lipinski definition) is 0. The Kier molecular flexibility index (Phi) is 2.67. The molecule has 88 valence electrons. The molecule has 0 N–H and O–H groups in total. The van der Waals surface area contributed by atoms with Gasteiger partial charge >= 0.3 is 0 Å². The first-order chi connectivity index (χ1) is 8.33. The summed E-state index contributed by atoms with van der Waals surface area (Å²) in [4.78, 5) is 0. The molecule has 1 aromatic carbocycles. The Morgan fingerprint density at radius 1 is 1.41 bits per heavy atom. The van der Waals surface area contributed by atoms with E-state index in [9.17, 15) is 0 Å². The molecule has 0 atom stereocenters. The van der Waals surface area contributed by atoms with Crippen molar-refractivity contribution in [3.05, 3.63) is 35.0 Å². The van der Waals surface area contributed by atoms with E-state index in [0.29, 0.717) is 0 Å². The van der Waals surface area contributed by atoms with E-state index in [-0.39, 0.29) is 0 Å². The maximum absolute atomic E-state index is 5.46. The highest BCUT2D eigenvalue weighted by atomic mass is 79.9. The summed E-state index contributed by atoms with van der Waals surface area (Å²) < 4.78 is 10.7. The Hall–Kier alpha value is -1.29. The number of fused-ring (bicyclic) bond motifs is 3. The first-order valence-corrected chi connectivity index (χ1v) is 6.66. The molecular weight excluding hydrogens is 282 g/mol. The summed E-state index contributed by atoms with van der Waals surface area (Å²) in [6.45, 7) is 0. The summed E-state index contributed by atoms with van der Waals surface area (Å²) in [5.41, 5.74) is 4.67. The van der Waals surface area contributed by atoms with Crippen molar-refractivity contribution in [2.45, 2.75) is 18.2 Å². The Morgan fingerprint density at radius 3 is 3.06 bits per heavy atom. The Balaban J connectivity index is 2.14. The van der Waals surface area contributed by atoms with Crippen molar-refractivity contribution in [1.29, 1.82) is 0 Å². The second-order valence-corrected chi connectivity index (χ2v) is 4.65. The van der Waals surface area contributed by atoms with Crippen LogP contribution in [0.2, 0.25) is 0 Å². The van der Waals surface area contributed by atoms with Crippen molar-refractivity contribution >= 4 is 15.9 Å². The van der Waals surface area contributed by atoms with E-state index in [1.54, 1.807) is 7.11 Å². The SMILES string of the molecule is COc1ccc2c(c1)CCc1c(CBr)noc1-2. The molecule has 0 amide bonds. The predicted octanol–water partition coefficient (Wildman–Crippen LogP) is 3.34. The highest BCUT2D eigenvalue weighted by Gasteiger charge is 2.23. The molecule has 1 aliphatic rings. The lowest BCUT2D eigenvalue weighted by Gasteiger charge is -2.15. The van der Waals surface area contributed by atoms with Gasteiger partial charge in [0.25, 0.3) is 0 Å². The van der Waals surface area contributed by atoms with Gasteiger partial charge in [0.15, 0.2) is 5.76 Å². The highest BCUT2D eigenvalue weighted by Crippen LogP contribution is 2.37. The van der Waals surface area contributed by atoms with Gasteiger partial charge in [0.1, 0.15) is 5.75 Å². The maximum atomic E-state index is 5.46. The van der Waals surface area contributed by atoms with E-state index in [0.717, 1.165) is 40.9 Å². The number of halogens is 1. The van der Waals surface area contributed by atoms with E-state index in [2.05, 4.69) is 33.2 Å². The van der Waals surface area contributed by atoms with Gasteiger partial charge in [-0.05, 0) is 36.6 Å². The summed E-state index contributed by atoms with van der Waals surface area (Å²) in [5.74, 6) is 1.82. The van der Waals surface area contributed by atoms with E-state index < -0.39 is 0 Å². The van der Waals surface area contributed by atoms with Gasteiger partial charge in [0.2, 0.25) is 0 Å². The first-order valence-electron chi connectivity index (χ1n) is 5.54. The smallest absolute Gasteiger partial charge is 0.170 e. The Morgan fingerprint density at radius 2 is 2.29 bits per heavy atom. The molecule has 2 aromatic rings. The fraction of sp³-hybridized carbons (Fsp3) is 0.308. The highest BCUT2D eigenvalue weighted by molar-refractivity contribution is 9.08. The van der Waals surface area contributed by atoms with E-state index >= 15 is 0 Å². The van der Waals surface area contributed by atoms with Crippen molar-refractivity contribution in [2.75, 3.05) is 7.11 Å². The monoisotopic (exact) mass is 293 g/mol. The molecule has 4 heteroatoms. The molecule has 1 aliphatic carbocycles. The van der Waals surface area contributed by atoms with Crippen molar-refractivity contribution in [1.82, 2.24) is 5.16 Å². The number of rotatable bonds is 2. The van der Waals surface area contributed by atoms with Gasteiger partial charge in [-0.1, -0.05) is 21.1 Å². The van der Waals surface area contributed by atoms with E-state index in [4.69, 9.17) is 9.26 Å². The third-order valence-electron chi connectivity index (χ3n) is 3.20. The molecule has 0 radical (unpaired) electrons. The summed E-state index contributed by atoms with van der Waals surface area (Å²) in [6.07, 6.45) is 2.00.